The highest BCUT2D eigenvalue weighted by molar-refractivity contribution is 5.76. The molecule has 5 nitrogen and oxygen atoms in total. The summed E-state index contributed by atoms with van der Waals surface area (Å²) in [5.74, 6) is -0.320. The summed E-state index contributed by atoms with van der Waals surface area (Å²) in [5, 5.41) is 33.3. The molecule has 5 heteroatoms. The van der Waals surface area contributed by atoms with Gasteiger partial charge in [-0.2, -0.15) is 0 Å². The van der Waals surface area contributed by atoms with E-state index >= 15 is 0 Å². The van der Waals surface area contributed by atoms with Crippen molar-refractivity contribution in [3.8, 4) is 0 Å². The fraction of sp³-hybridized carbons (Fsp3) is 0.904. The minimum Gasteiger partial charge on any atom is -0.394 e. The quantitative estimate of drug-likeness (QED) is 0.0364. The van der Waals surface area contributed by atoms with Gasteiger partial charge in [-0.05, 0) is 32.1 Å². The Morgan fingerprint density at radius 2 is 0.754 bits per heavy atom. The molecule has 0 aliphatic heterocycles. The second kappa shape index (κ2) is 47.5. The summed E-state index contributed by atoms with van der Waals surface area (Å²) in [6, 6.07) is -0.758. The van der Waals surface area contributed by atoms with Crippen LogP contribution < -0.4 is 5.32 Å². The van der Waals surface area contributed by atoms with Gasteiger partial charge in [0, 0.05) is 0 Å². The van der Waals surface area contributed by atoms with Crippen LogP contribution in [-0.2, 0) is 4.79 Å². The van der Waals surface area contributed by atoms with Gasteiger partial charge in [0.15, 0.2) is 0 Å². The predicted octanol–water partition coefficient (Wildman–Crippen LogP) is 15.3. The molecule has 4 N–H and O–H groups in total. The topological polar surface area (TPSA) is 89.8 Å². The number of carbonyl (C=O) groups is 1. The number of hydrogen-bond donors (Lipinski definition) is 4. The molecule has 0 aliphatic carbocycles. The molecule has 0 aromatic carbocycles. The van der Waals surface area contributed by atoms with Crippen LogP contribution in [0.4, 0.5) is 0 Å². The minimum absolute atomic E-state index is 0.0101. The highest BCUT2D eigenvalue weighted by atomic mass is 16.3. The number of unbranched alkanes of at least 4 members (excludes halogenated alkanes) is 36. The molecular formula is C52H101NO4. The molecule has 0 aromatic rings. The van der Waals surface area contributed by atoms with E-state index in [1.54, 1.807) is 6.08 Å². The fourth-order valence-electron chi connectivity index (χ4n) is 8.06. The second-order valence-electron chi connectivity index (χ2n) is 17.8. The highest BCUT2D eigenvalue weighted by Crippen LogP contribution is 2.17. The van der Waals surface area contributed by atoms with Gasteiger partial charge in [0.2, 0.25) is 5.91 Å². The first-order chi connectivity index (χ1) is 28.0. The van der Waals surface area contributed by atoms with E-state index in [-0.39, 0.29) is 18.9 Å². The molecule has 0 heterocycles. The van der Waals surface area contributed by atoms with Gasteiger partial charge in [0.1, 0.15) is 0 Å². The smallest absolute Gasteiger partial charge is 0.222 e. The summed E-state index contributed by atoms with van der Waals surface area (Å²) < 4.78 is 0. The standard InChI is InChI=1S/C52H101NO4/c1-3-5-7-9-11-13-15-17-19-21-23-24-25-26-27-28-30-32-34-36-38-40-42-44-46-51(56)50(48-54)53-52(57)47-49(55)45-43-41-39-37-35-33-31-29-22-20-18-16-14-12-10-8-6-4-2/h36,38,44,46,49-51,54-56H,3-35,37,39-43,45,47-48H2,1-2H3,(H,53,57)/b38-36+,46-44+. The van der Waals surface area contributed by atoms with Crippen LogP contribution in [0.5, 0.6) is 0 Å². The third-order valence-electron chi connectivity index (χ3n) is 12.0. The summed E-state index contributed by atoms with van der Waals surface area (Å²) >= 11 is 0. The van der Waals surface area contributed by atoms with Crippen molar-refractivity contribution in [2.75, 3.05) is 6.61 Å². The Morgan fingerprint density at radius 3 is 1.12 bits per heavy atom. The second-order valence-corrected chi connectivity index (χ2v) is 17.8. The molecular weight excluding hydrogens is 703 g/mol. The van der Waals surface area contributed by atoms with Crippen LogP contribution in [0.1, 0.15) is 277 Å². The number of nitrogens with one attached hydrogen (secondary N) is 1. The maximum Gasteiger partial charge on any atom is 0.222 e. The first-order valence-corrected chi connectivity index (χ1v) is 25.6. The molecule has 0 bridgehead atoms. The molecule has 0 rings (SSSR count). The summed E-state index contributed by atoms with van der Waals surface area (Å²) in [6.45, 7) is 4.23. The van der Waals surface area contributed by atoms with Crippen molar-refractivity contribution in [3.63, 3.8) is 0 Å². The van der Waals surface area contributed by atoms with Gasteiger partial charge < -0.3 is 20.6 Å². The van der Waals surface area contributed by atoms with Crippen LogP contribution in [0.3, 0.4) is 0 Å². The maximum atomic E-state index is 12.5. The van der Waals surface area contributed by atoms with Gasteiger partial charge in [0.05, 0.1) is 31.3 Å². The van der Waals surface area contributed by atoms with Crippen molar-refractivity contribution in [1.82, 2.24) is 5.32 Å². The van der Waals surface area contributed by atoms with E-state index in [1.807, 2.05) is 6.08 Å². The summed E-state index contributed by atoms with van der Waals surface area (Å²) in [5.41, 5.74) is 0. The molecule has 0 spiro atoms. The SMILES string of the molecule is CCCCCCCCCCCCCCCCCCCC/C=C/CC/C=C/C(O)C(CO)NC(=O)CC(O)CCCCCCCCCCCCCCCCCCCC. The Kier molecular flexibility index (Phi) is 46.5. The van der Waals surface area contributed by atoms with E-state index in [4.69, 9.17) is 0 Å². The Bertz CT molecular complexity index is 844. The van der Waals surface area contributed by atoms with Crippen molar-refractivity contribution in [2.45, 2.75) is 295 Å². The Balaban J connectivity index is 3.62. The largest absolute Gasteiger partial charge is 0.394 e. The van der Waals surface area contributed by atoms with Crippen LogP contribution in [0.2, 0.25) is 0 Å². The van der Waals surface area contributed by atoms with Gasteiger partial charge in [-0.1, -0.05) is 263 Å². The Hall–Kier alpha value is -1.17. The van der Waals surface area contributed by atoms with Crippen molar-refractivity contribution in [1.29, 1.82) is 0 Å². The number of allylic oxidation sites excluding steroid dienone is 3. The van der Waals surface area contributed by atoms with E-state index in [9.17, 15) is 20.1 Å². The Labute approximate surface area is 356 Å². The zero-order valence-electron chi connectivity index (χ0n) is 38.5. The lowest BCUT2D eigenvalue weighted by atomic mass is 10.0. The van der Waals surface area contributed by atoms with Gasteiger partial charge in [0.25, 0.3) is 0 Å². The number of rotatable bonds is 47. The Morgan fingerprint density at radius 1 is 0.439 bits per heavy atom. The van der Waals surface area contributed by atoms with Crippen molar-refractivity contribution in [3.05, 3.63) is 24.3 Å². The normalized spacial score (nSPS) is 13.6. The van der Waals surface area contributed by atoms with Crippen LogP contribution in [-0.4, -0.2) is 46.1 Å². The molecule has 57 heavy (non-hydrogen) atoms. The van der Waals surface area contributed by atoms with Crippen LogP contribution >= 0.6 is 0 Å². The van der Waals surface area contributed by atoms with E-state index in [0.29, 0.717) is 6.42 Å². The van der Waals surface area contributed by atoms with Gasteiger partial charge >= 0.3 is 0 Å². The molecule has 0 saturated carbocycles. The molecule has 1 amide bonds. The van der Waals surface area contributed by atoms with Gasteiger partial charge in [-0.15, -0.1) is 0 Å². The summed E-state index contributed by atoms with van der Waals surface area (Å²) in [6.07, 6.45) is 59.2. The average molecular weight is 804 g/mol. The predicted molar refractivity (Wildman–Crippen MR) is 250 cm³/mol. The molecule has 0 fully saturated rings. The third-order valence-corrected chi connectivity index (χ3v) is 12.0. The van der Waals surface area contributed by atoms with Crippen molar-refractivity contribution < 1.29 is 20.1 Å². The molecule has 0 saturated heterocycles. The number of amides is 1. The van der Waals surface area contributed by atoms with Gasteiger partial charge in [-0.3, -0.25) is 4.79 Å². The zero-order chi connectivity index (χ0) is 41.5. The average Bonchev–Trinajstić information content (AvgIpc) is 3.20. The monoisotopic (exact) mass is 804 g/mol. The molecule has 0 radical (unpaired) electrons. The van der Waals surface area contributed by atoms with Crippen molar-refractivity contribution >= 4 is 5.91 Å². The summed E-state index contributed by atoms with van der Waals surface area (Å²) in [4.78, 5) is 12.5. The van der Waals surface area contributed by atoms with Crippen LogP contribution in [0, 0.1) is 0 Å². The van der Waals surface area contributed by atoms with E-state index < -0.39 is 18.2 Å². The number of aliphatic hydroxyl groups excluding tert-OH is 3. The van der Waals surface area contributed by atoms with E-state index in [2.05, 4.69) is 31.3 Å². The molecule has 0 aromatic heterocycles. The lowest BCUT2D eigenvalue weighted by molar-refractivity contribution is -0.124. The van der Waals surface area contributed by atoms with Crippen LogP contribution in [0.15, 0.2) is 24.3 Å². The molecule has 3 atom stereocenters. The highest BCUT2D eigenvalue weighted by Gasteiger charge is 2.20. The number of carbonyl (C=O) groups excluding carboxylic acids is 1. The van der Waals surface area contributed by atoms with Crippen molar-refractivity contribution in [2.24, 2.45) is 0 Å². The van der Waals surface area contributed by atoms with E-state index in [1.165, 1.54) is 218 Å². The molecule has 3 unspecified atom stereocenters. The number of aliphatic hydroxyl groups is 3. The third kappa shape index (κ3) is 44.2. The summed E-state index contributed by atoms with van der Waals surface area (Å²) in [7, 11) is 0. The lowest BCUT2D eigenvalue weighted by Gasteiger charge is -2.21. The van der Waals surface area contributed by atoms with E-state index in [0.717, 1.165) is 32.1 Å². The zero-order valence-corrected chi connectivity index (χ0v) is 38.5. The molecule has 338 valence electrons. The van der Waals surface area contributed by atoms with Gasteiger partial charge in [-0.25, -0.2) is 0 Å². The fourth-order valence-corrected chi connectivity index (χ4v) is 8.06. The maximum absolute atomic E-state index is 12.5. The minimum atomic E-state index is -0.949. The lowest BCUT2D eigenvalue weighted by Crippen LogP contribution is -2.45. The first-order valence-electron chi connectivity index (χ1n) is 25.6. The van der Waals surface area contributed by atoms with Crippen LogP contribution in [0.25, 0.3) is 0 Å². The molecule has 0 aliphatic rings. The first kappa shape index (κ1) is 55.8. The number of hydrogen-bond acceptors (Lipinski definition) is 4.